The molecule has 0 radical (unpaired) electrons. The lowest BCUT2D eigenvalue weighted by molar-refractivity contribution is -0.140. The van der Waals surface area contributed by atoms with Crippen LogP contribution in [0.2, 0.25) is 5.02 Å². The van der Waals surface area contributed by atoms with Crippen LogP contribution in [-0.2, 0) is 32.6 Å². The van der Waals surface area contributed by atoms with E-state index in [2.05, 4.69) is 5.32 Å². The van der Waals surface area contributed by atoms with Crippen LogP contribution in [0, 0.1) is 19.7 Å². The molecule has 0 heterocycles. The minimum Gasteiger partial charge on any atom is -0.352 e. The van der Waals surface area contributed by atoms with Crippen molar-refractivity contribution in [2.75, 3.05) is 10.8 Å². The van der Waals surface area contributed by atoms with E-state index in [1.807, 2.05) is 51.1 Å². The van der Waals surface area contributed by atoms with E-state index in [4.69, 9.17) is 11.6 Å². The first-order chi connectivity index (χ1) is 21.3. The molecule has 0 unspecified atom stereocenters. The molecule has 2 amide bonds. The highest BCUT2D eigenvalue weighted by Crippen LogP contribution is 2.29. The van der Waals surface area contributed by atoms with Gasteiger partial charge in [-0.2, -0.15) is 0 Å². The molecule has 10 heteroatoms. The first-order valence-electron chi connectivity index (χ1n) is 14.6. The summed E-state index contributed by atoms with van der Waals surface area (Å²) in [5, 5.41) is 3.25. The molecule has 0 spiro atoms. The molecule has 7 nitrogen and oxygen atoms in total. The lowest BCUT2D eigenvalue weighted by atomic mass is 10.0. The molecule has 0 aliphatic carbocycles. The van der Waals surface area contributed by atoms with E-state index in [-0.39, 0.29) is 29.6 Å². The topological polar surface area (TPSA) is 86.8 Å². The molecule has 0 saturated carbocycles. The first-order valence-corrected chi connectivity index (χ1v) is 16.4. The summed E-state index contributed by atoms with van der Waals surface area (Å²) in [5.74, 6) is -1.45. The fraction of sp³-hybridized carbons (Fsp3) is 0.257. The Balaban J connectivity index is 1.82. The van der Waals surface area contributed by atoms with Crippen molar-refractivity contribution in [1.29, 1.82) is 0 Å². The molecular weight excluding hydrogens is 613 g/mol. The average molecular weight is 650 g/mol. The quantitative estimate of drug-likeness (QED) is 0.191. The van der Waals surface area contributed by atoms with Gasteiger partial charge in [-0.1, -0.05) is 77.8 Å². The predicted molar refractivity (Wildman–Crippen MR) is 176 cm³/mol. The molecule has 0 fully saturated rings. The molecule has 45 heavy (non-hydrogen) atoms. The van der Waals surface area contributed by atoms with Crippen molar-refractivity contribution in [3.8, 4) is 0 Å². The Morgan fingerprint density at radius 1 is 0.867 bits per heavy atom. The number of halogens is 2. The van der Waals surface area contributed by atoms with Crippen LogP contribution in [0.4, 0.5) is 10.1 Å². The van der Waals surface area contributed by atoms with Crippen LogP contribution in [0.1, 0.15) is 36.1 Å². The summed E-state index contributed by atoms with van der Waals surface area (Å²) in [6, 6.07) is 24.8. The molecule has 0 aliphatic rings. The maximum Gasteiger partial charge on any atom is 0.264 e. The number of rotatable bonds is 12. The third-order valence-corrected chi connectivity index (χ3v) is 9.49. The Morgan fingerprint density at radius 2 is 1.51 bits per heavy atom. The Bertz CT molecular complexity index is 1730. The van der Waals surface area contributed by atoms with Crippen molar-refractivity contribution in [2.45, 2.75) is 57.6 Å². The second-order valence-corrected chi connectivity index (χ2v) is 13.5. The van der Waals surface area contributed by atoms with Crippen LogP contribution in [0.15, 0.2) is 102 Å². The number of hydrogen-bond donors (Lipinski definition) is 1. The van der Waals surface area contributed by atoms with Crippen molar-refractivity contribution in [3.63, 3.8) is 0 Å². The molecular formula is C35H37ClFN3O4S. The molecule has 1 atom stereocenters. The molecule has 0 saturated heterocycles. The molecule has 0 aromatic heterocycles. The number of aryl methyl sites for hydroxylation is 2. The lowest BCUT2D eigenvalue weighted by Gasteiger charge is -2.34. The largest absolute Gasteiger partial charge is 0.352 e. The van der Waals surface area contributed by atoms with Crippen molar-refractivity contribution in [1.82, 2.24) is 10.2 Å². The zero-order valence-electron chi connectivity index (χ0n) is 25.7. The maximum atomic E-state index is 14.4. The summed E-state index contributed by atoms with van der Waals surface area (Å²) in [4.78, 5) is 29.5. The van der Waals surface area contributed by atoms with Gasteiger partial charge in [0.25, 0.3) is 10.0 Å². The summed E-state index contributed by atoms with van der Waals surface area (Å²) < 4.78 is 43.1. The monoisotopic (exact) mass is 649 g/mol. The number of hydrogen-bond acceptors (Lipinski definition) is 4. The number of sulfonamides is 1. The highest BCUT2D eigenvalue weighted by atomic mass is 35.5. The Morgan fingerprint density at radius 3 is 2.11 bits per heavy atom. The van der Waals surface area contributed by atoms with E-state index in [1.165, 1.54) is 47.4 Å². The number of amides is 2. The van der Waals surface area contributed by atoms with Crippen LogP contribution in [0.5, 0.6) is 0 Å². The minimum atomic E-state index is -4.25. The number of nitrogens with one attached hydrogen (secondary N) is 1. The summed E-state index contributed by atoms with van der Waals surface area (Å²) in [6.45, 7) is 6.61. The van der Waals surface area contributed by atoms with Crippen molar-refractivity contribution in [2.24, 2.45) is 0 Å². The van der Waals surface area contributed by atoms with Gasteiger partial charge in [-0.05, 0) is 80.8 Å². The highest BCUT2D eigenvalue weighted by molar-refractivity contribution is 7.92. The summed E-state index contributed by atoms with van der Waals surface area (Å²) in [6.07, 6.45) is 0.174. The summed E-state index contributed by atoms with van der Waals surface area (Å²) in [7, 11) is -4.25. The van der Waals surface area contributed by atoms with Gasteiger partial charge in [-0.25, -0.2) is 12.8 Å². The molecule has 4 aromatic carbocycles. The zero-order chi connectivity index (χ0) is 32.7. The Hall–Kier alpha value is -4.21. The maximum absolute atomic E-state index is 14.4. The SMILES string of the molecule is Cc1ccc(S(=O)(=O)N(CC(=O)N(Cc2ccc(F)cc2)[C@@H](Cc2ccccc2)C(=O)NC(C)C)c2ccc(C)c(Cl)c2)cc1. The Kier molecular flexibility index (Phi) is 11.0. The van der Waals surface area contributed by atoms with Gasteiger partial charge in [0.15, 0.2) is 0 Å². The van der Waals surface area contributed by atoms with E-state index in [0.29, 0.717) is 10.6 Å². The van der Waals surface area contributed by atoms with E-state index >= 15 is 0 Å². The number of carbonyl (C=O) groups is 2. The van der Waals surface area contributed by atoms with Crippen molar-refractivity contribution >= 4 is 39.1 Å². The molecule has 0 aliphatic heterocycles. The van der Waals surface area contributed by atoms with Gasteiger partial charge < -0.3 is 10.2 Å². The van der Waals surface area contributed by atoms with Crippen molar-refractivity contribution < 1.29 is 22.4 Å². The van der Waals surface area contributed by atoms with Gasteiger partial charge in [0.2, 0.25) is 11.8 Å². The molecule has 4 rings (SSSR count). The standard InChI is InChI=1S/C35H37ClFN3O4S/c1-24(2)38-35(42)33(20-27-8-6-5-7-9-27)39(22-28-13-15-29(37)16-14-28)34(41)23-40(30-17-12-26(4)32(36)21-30)45(43,44)31-18-10-25(3)11-19-31/h5-19,21,24,33H,20,22-23H2,1-4H3,(H,38,42)/t33-/m0/s1. The van der Waals surface area contributed by atoms with Gasteiger partial charge >= 0.3 is 0 Å². The highest BCUT2D eigenvalue weighted by Gasteiger charge is 2.35. The van der Waals surface area contributed by atoms with Gasteiger partial charge in [-0.3, -0.25) is 13.9 Å². The number of carbonyl (C=O) groups excluding carboxylic acids is 2. The van der Waals surface area contributed by atoms with Crippen LogP contribution in [0.25, 0.3) is 0 Å². The van der Waals surface area contributed by atoms with Gasteiger partial charge in [-0.15, -0.1) is 0 Å². The molecule has 0 bridgehead atoms. The fourth-order valence-electron chi connectivity index (χ4n) is 4.82. The Labute approximate surface area is 269 Å². The average Bonchev–Trinajstić information content (AvgIpc) is 3.00. The number of anilines is 1. The van der Waals surface area contributed by atoms with Gasteiger partial charge in [0.1, 0.15) is 18.4 Å². The summed E-state index contributed by atoms with van der Waals surface area (Å²) in [5.41, 5.74) is 3.21. The lowest BCUT2D eigenvalue weighted by Crippen LogP contribution is -2.54. The van der Waals surface area contributed by atoms with E-state index in [9.17, 15) is 22.4 Å². The molecule has 236 valence electrons. The van der Waals surface area contributed by atoms with Gasteiger partial charge in [0, 0.05) is 24.0 Å². The fourth-order valence-corrected chi connectivity index (χ4v) is 6.41. The smallest absolute Gasteiger partial charge is 0.264 e. The third kappa shape index (κ3) is 8.71. The van der Waals surface area contributed by atoms with E-state index in [0.717, 1.165) is 21.0 Å². The van der Waals surface area contributed by atoms with Crippen molar-refractivity contribution in [3.05, 3.63) is 130 Å². The van der Waals surface area contributed by atoms with Crippen LogP contribution in [0.3, 0.4) is 0 Å². The van der Waals surface area contributed by atoms with Gasteiger partial charge in [0.05, 0.1) is 10.6 Å². The van der Waals surface area contributed by atoms with Crippen LogP contribution < -0.4 is 9.62 Å². The molecule has 4 aromatic rings. The zero-order valence-corrected chi connectivity index (χ0v) is 27.3. The summed E-state index contributed by atoms with van der Waals surface area (Å²) >= 11 is 6.42. The first kappa shape index (κ1) is 33.7. The number of benzene rings is 4. The third-order valence-electron chi connectivity index (χ3n) is 7.30. The van der Waals surface area contributed by atoms with Crippen LogP contribution >= 0.6 is 11.6 Å². The minimum absolute atomic E-state index is 0.000989. The van der Waals surface area contributed by atoms with Crippen LogP contribution in [-0.4, -0.2) is 43.8 Å². The predicted octanol–water partition coefficient (Wildman–Crippen LogP) is 6.46. The normalized spacial score (nSPS) is 12.1. The van der Waals surface area contributed by atoms with E-state index < -0.39 is 40.2 Å². The second-order valence-electron chi connectivity index (χ2n) is 11.3. The molecule has 1 N–H and O–H groups in total. The van der Waals surface area contributed by atoms with E-state index in [1.54, 1.807) is 31.2 Å². The number of nitrogens with zero attached hydrogens (tertiary/aromatic N) is 2. The second kappa shape index (κ2) is 14.7.